The van der Waals surface area contributed by atoms with E-state index >= 15 is 0 Å². The van der Waals surface area contributed by atoms with Gasteiger partial charge in [0.25, 0.3) is 0 Å². The Morgan fingerprint density at radius 3 is 2.55 bits per heavy atom. The van der Waals surface area contributed by atoms with Gasteiger partial charge in [-0.25, -0.2) is 4.39 Å². The van der Waals surface area contributed by atoms with Crippen LogP contribution in [0.25, 0.3) is 0 Å². The molecule has 0 atom stereocenters. The molecule has 0 amide bonds. The van der Waals surface area contributed by atoms with E-state index < -0.39 is 5.82 Å². The molecule has 0 fully saturated rings. The quantitative estimate of drug-likeness (QED) is 0.629. The number of carbonyl (C=O) groups is 1. The molecule has 0 aromatic heterocycles. The van der Waals surface area contributed by atoms with Gasteiger partial charge in [0.1, 0.15) is 12.1 Å². The smallest absolute Gasteiger partial charge is 0.150 e. The van der Waals surface area contributed by atoms with Crippen LogP contribution in [0.3, 0.4) is 0 Å². The number of hydrogen-bond acceptors (Lipinski definition) is 1. The van der Waals surface area contributed by atoms with Crippen LogP contribution < -0.4 is 0 Å². The lowest BCUT2D eigenvalue weighted by Gasteiger charge is -1.92. The Morgan fingerprint density at radius 1 is 1.45 bits per heavy atom. The Kier molecular flexibility index (Phi) is 4.08. The average molecular weight is 195 g/mol. The Labute approximate surface area is 74.6 Å². The van der Waals surface area contributed by atoms with Crippen molar-refractivity contribution < 1.29 is 9.18 Å². The standard InChI is InChI=1S/C7H4ClFO.ClH/c8-6-3-5(4-10)1-2-7(6)9;/h1-4H;1H. The van der Waals surface area contributed by atoms with Gasteiger partial charge in [0.15, 0.2) is 0 Å². The summed E-state index contributed by atoms with van der Waals surface area (Å²) in [5, 5.41) is -0.0235. The van der Waals surface area contributed by atoms with Crippen LogP contribution in [-0.2, 0) is 0 Å². The minimum absolute atomic E-state index is 0. The molecule has 1 rings (SSSR count). The van der Waals surface area contributed by atoms with Gasteiger partial charge in [0, 0.05) is 5.56 Å². The fraction of sp³-hybridized carbons (Fsp3) is 0. The topological polar surface area (TPSA) is 17.1 Å². The van der Waals surface area contributed by atoms with E-state index in [1.165, 1.54) is 12.1 Å². The Morgan fingerprint density at radius 2 is 2.09 bits per heavy atom. The van der Waals surface area contributed by atoms with Crippen molar-refractivity contribution in [2.24, 2.45) is 0 Å². The predicted octanol–water partition coefficient (Wildman–Crippen LogP) is 2.71. The van der Waals surface area contributed by atoms with E-state index in [1.54, 1.807) is 0 Å². The summed E-state index contributed by atoms with van der Waals surface area (Å²) in [4.78, 5) is 10.1. The molecule has 11 heavy (non-hydrogen) atoms. The molecule has 1 nitrogen and oxygen atoms in total. The van der Waals surface area contributed by atoms with E-state index in [0.29, 0.717) is 11.8 Å². The second-order valence-corrected chi connectivity index (χ2v) is 2.20. The van der Waals surface area contributed by atoms with E-state index in [2.05, 4.69) is 0 Å². The molecule has 0 spiro atoms. The molecule has 1 aromatic carbocycles. The number of rotatable bonds is 1. The molecule has 0 aliphatic heterocycles. The highest BCUT2D eigenvalue weighted by Gasteiger charge is 1.98. The van der Waals surface area contributed by atoms with Gasteiger partial charge in [0.05, 0.1) is 5.02 Å². The van der Waals surface area contributed by atoms with Gasteiger partial charge in [-0.2, -0.15) is 0 Å². The summed E-state index contributed by atoms with van der Waals surface area (Å²) in [6.07, 6.45) is 0.616. The fourth-order valence-corrected chi connectivity index (χ4v) is 0.775. The maximum Gasteiger partial charge on any atom is 0.150 e. The van der Waals surface area contributed by atoms with Crippen molar-refractivity contribution in [3.05, 3.63) is 34.6 Å². The first-order chi connectivity index (χ1) is 4.74. The van der Waals surface area contributed by atoms with E-state index in [4.69, 9.17) is 11.6 Å². The van der Waals surface area contributed by atoms with E-state index in [0.717, 1.165) is 6.07 Å². The molecule has 0 saturated carbocycles. The normalized spacial score (nSPS) is 8.55. The zero-order chi connectivity index (χ0) is 7.56. The number of aldehydes is 1. The zero-order valence-electron chi connectivity index (χ0n) is 5.38. The van der Waals surface area contributed by atoms with E-state index in [9.17, 15) is 9.18 Å². The number of benzene rings is 1. The minimum Gasteiger partial charge on any atom is -0.298 e. The van der Waals surface area contributed by atoms with E-state index in [-0.39, 0.29) is 17.4 Å². The van der Waals surface area contributed by atoms with Crippen molar-refractivity contribution in [2.75, 3.05) is 0 Å². The van der Waals surface area contributed by atoms with Gasteiger partial charge >= 0.3 is 0 Å². The molecule has 1 aromatic rings. The molecular weight excluding hydrogens is 190 g/mol. The summed E-state index contributed by atoms with van der Waals surface area (Å²) >= 11 is 5.36. The zero-order valence-corrected chi connectivity index (χ0v) is 6.95. The molecule has 0 unspecified atom stereocenters. The summed E-state index contributed by atoms with van der Waals surface area (Å²) in [6.45, 7) is 0. The van der Waals surface area contributed by atoms with Crippen LogP contribution in [0.2, 0.25) is 5.02 Å². The van der Waals surface area contributed by atoms with Crippen molar-refractivity contribution in [1.29, 1.82) is 0 Å². The maximum atomic E-state index is 12.4. The molecule has 4 heteroatoms. The number of halogens is 3. The van der Waals surface area contributed by atoms with Gasteiger partial charge in [-0.05, 0) is 18.2 Å². The largest absolute Gasteiger partial charge is 0.298 e. The summed E-state index contributed by atoms with van der Waals surface area (Å²) in [5.74, 6) is -0.507. The molecule has 0 aliphatic carbocycles. The number of hydrogen-bond donors (Lipinski definition) is 0. The summed E-state index contributed by atoms with van der Waals surface area (Å²) in [6, 6.07) is 3.81. The van der Waals surface area contributed by atoms with Crippen LogP contribution in [0.5, 0.6) is 0 Å². The Balaban J connectivity index is 0.000001000. The van der Waals surface area contributed by atoms with Gasteiger partial charge in [-0.1, -0.05) is 11.6 Å². The van der Waals surface area contributed by atoms with Crippen LogP contribution in [0, 0.1) is 5.82 Å². The van der Waals surface area contributed by atoms with Crippen LogP contribution >= 0.6 is 24.0 Å². The minimum atomic E-state index is -0.507. The van der Waals surface area contributed by atoms with E-state index in [1.807, 2.05) is 0 Å². The van der Waals surface area contributed by atoms with Crippen LogP contribution in [0.1, 0.15) is 10.4 Å². The van der Waals surface area contributed by atoms with Gasteiger partial charge in [-0.3, -0.25) is 4.79 Å². The summed E-state index contributed by atoms with van der Waals surface area (Å²) in [7, 11) is 0. The Hall–Kier alpha value is -0.600. The lowest BCUT2D eigenvalue weighted by molar-refractivity contribution is 0.112. The van der Waals surface area contributed by atoms with Gasteiger partial charge in [0.2, 0.25) is 0 Å². The maximum absolute atomic E-state index is 12.4. The SMILES string of the molecule is Cl.O=Cc1ccc(F)c(Cl)c1. The van der Waals surface area contributed by atoms with Crippen LogP contribution in [0.4, 0.5) is 4.39 Å². The van der Waals surface area contributed by atoms with Crippen LogP contribution in [-0.4, -0.2) is 6.29 Å². The highest BCUT2D eigenvalue weighted by atomic mass is 35.5. The second kappa shape index (κ2) is 4.31. The summed E-state index contributed by atoms with van der Waals surface area (Å²) in [5.41, 5.74) is 0.381. The summed E-state index contributed by atoms with van der Waals surface area (Å²) < 4.78 is 12.4. The van der Waals surface area contributed by atoms with Crippen LogP contribution in [0.15, 0.2) is 18.2 Å². The van der Waals surface area contributed by atoms with Crippen molar-refractivity contribution in [3.63, 3.8) is 0 Å². The molecule has 60 valence electrons. The fourth-order valence-electron chi connectivity index (χ4n) is 0.586. The first kappa shape index (κ1) is 10.4. The van der Waals surface area contributed by atoms with Gasteiger partial charge < -0.3 is 0 Å². The van der Waals surface area contributed by atoms with Crippen molar-refractivity contribution in [1.82, 2.24) is 0 Å². The molecule has 0 N–H and O–H groups in total. The molecule has 0 bridgehead atoms. The third kappa shape index (κ3) is 2.48. The first-order valence-electron chi connectivity index (χ1n) is 2.64. The Bertz CT molecular complexity index is 263. The first-order valence-corrected chi connectivity index (χ1v) is 3.02. The molecule has 0 aliphatic rings. The highest BCUT2D eigenvalue weighted by Crippen LogP contribution is 2.14. The van der Waals surface area contributed by atoms with Crippen molar-refractivity contribution in [2.45, 2.75) is 0 Å². The third-order valence-corrected chi connectivity index (χ3v) is 1.37. The molecular formula is C7H5Cl2FO. The van der Waals surface area contributed by atoms with Crippen molar-refractivity contribution >= 4 is 30.3 Å². The molecule has 0 saturated heterocycles. The lowest BCUT2D eigenvalue weighted by atomic mass is 10.2. The molecule has 0 radical (unpaired) electrons. The lowest BCUT2D eigenvalue weighted by Crippen LogP contribution is -1.81. The predicted molar refractivity (Wildman–Crippen MR) is 44.0 cm³/mol. The van der Waals surface area contributed by atoms with Gasteiger partial charge in [-0.15, -0.1) is 12.4 Å². The third-order valence-electron chi connectivity index (χ3n) is 1.08. The average Bonchev–Trinajstić information content (AvgIpc) is 1.95. The molecule has 0 heterocycles. The number of carbonyl (C=O) groups excluding carboxylic acids is 1. The second-order valence-electron chi connectivity index (χ2n) is 1.79. The monoisotopic (exact) mass is 194 g/mol. The van der Waals surface area contributed by atoms with Crippen molar-refractivity contribution in [3.8, 4) is 0 Å². The highest BCUT2D eigenvalue weighted by molar-refractivity contribution is 6.31.